The molecule has 0 spiro atoms. The van der Waals surface area contributed by atoms with Gasteiger partial charge in [0.1, 0.15) is 0 Å². The van der Waals surface area contributed by atoms with Gasteiger partial charge in [-0.05, 0) is 42.9 Å². The summed E-state index contributed by atoms with van der Waals surface area (Å²) in [5, 5.41) is 0. The van der Waals surface area contributed by atoms with Gasteiger partial charge in [0.15, 0.2) is 9.84 Å². The van der Waals surface area contributed by atoms with Crippen molar-refractivity contribution in [2.75, 3.05) is 50.5 Å². The number of benzene rings is 1. The molecule has 2 fully saturated rings. The summed E-state index contributed by atoms with van der Waals surface area (Å²) in [5.74, 6) is 1.31. The van der Waals surface area contributed by atoms with Gasteiger partial charge in [0.05, 0.1) is 4.90 Å². The quantitative estimate of drug-likeness (QED) is 0.786. The number of nitrogens with zero attached hydrogens (tertiary/aromatic N) is 2. The second kappa shape index (κ2) is 8.28. The first-order valence-corrected chi connectivity index (χ1v) is 11.6. The number of piperazine rings is 1. The van der Waals surface area contributed by atoms with Crippen molar-refractivity contribution in [2.45, 2.75) is 37.6 Å². The molecular weight excluding hydrogens is 348 g/mol. The van der Waals surface area contributed by atoms with Crippen molar-refractivity contribution >= 4 is 15.5 Å². The van der Waals surface area contributed by atoms with Crippen LogP contribution in [-0.2, 0) is 14.6 Å². The summed E-state index contributed by atoms with van der Waals surface area (Å²) < 4.78 is 29.3. The molecule has 3 rings (SSSR count). The standard InChI is InChI=1S/C20H32N2O3S/c1-16(2)20-15-21(18-5-4-6-19(13-18)26(3,23)24)9-10-22(20)14-17-7-11-25-12-8-17/h4-6,13,16-17,20H,7-12,14-15H2,1-3H3/t20-/m1/s1. The van der Waals surface area contributed by atoms with E-state index >= 15 is 0 Å². The van der Waals surface area contributed by atoms with Gasteiger partial charge < -0.3 is 9.64 Å². The molecule has 0 aromatic heterocycles. The summed E-state index contributed by atoms with van der Waals surface area (Å²) in [4.78, 5) is 5.40. The van der Waals surface area contributed by atoms with Crippen molar-refractivity contribution in [3.63, 3.8) is 0 Å². The number of rotatable bonds is 5. The van der Waals surface area contributed by atoms with E-state index in [1.54, 1.807) is 6.07 Å². The maximum absolute atomic E-state index is 11.9. The summed E-state index contributed by atoms with van der Waals surface area (Å²) in [6.45, 7) is 10.5. The third-order valence-electron chi connectivity index (χ3n) is 5.75. The van der Waals surface area contributed by atoms with Crippen LogP contribution < -0.4 is 4.90 Å². The smallest absolute Gasteiger partial charge is 0.175 e. The fourth-order valence-corrected chi connectivity index (χ4v) is 4.77. The molecule has 2 aliphatic rings. The van der Waals surface area contributed by atoms with Crippen molar-refractivity contribution in [1.82, 2.24) is 4.90 Å². The van der Waals surface area contributed by atoms with Gasteiger partial charge in [-0.1, -0.05) is 19.9 Å². The topological polar surface area (TPSA) is 49.9 Å². The molecule has 2 aliphatic heterocycles. The Morgan fingerprint density at radius 1 is 1.19 bits per heavy atom. The third-order valence-corrected chi connectivity index (χ3v) is 6.86. The van der Waals surface area contributed by atoms with Gasteiger partial charge in [0, 0.05) is 57.4 Å². The fourth-order valence-electron chi connectivity index (χ4n) is 4.11. The Morgan fingerprint density at radius 3 is 2.58 bits per heavy atom. The highest BCUT2D eigenvalue weighted by molar-refractivity contribution is 7.90. The number of hydrogen-bond donors (Lipinski definition) is 0. The van der Waals surface area contributed by atoms with Gasteiger partial charge in [-0.15, -0.1) is 0 Å². The van der Waals surface area contributed by atoms with Crippen LogP contribution in [0.25, 0.3) is 0 Å². The van der Waals surface area contributed by atoms with Crippen LogP contribution in [0.15, 0.2) is 29.2 Å². The van der Waals surface area contributed by atoms with E-state index in [2.05, 4.69) is 23.6 Å². The highest BCUT2D eigenvalue weighted by Crippen LogP contribution is 2.27. The molecule has 2 heterocycles. The number of anilines is 1. The average Bonchev–Trinajstić information content (AvgIpc) is 2.62. The van der Waals surface area contributed by atoms with Crippen molar-refractivity contribution in [3.8, 4) is 0 Å². The van der Waals surface area contributed by atoms with Crippen molar-refractivity contribution in [1.29, 1.82) is 0 Å². The molecule has 0 radical (unpaired) electrons. The Kier molecular flexibility index (Phi) is 6.25. The predicted octanol–water partition coefficient (Wildman–Crippen LogP) is 2.66. The normalized spacial score (nSPS) is 23.5. The van der Waals surface area contributed by atoms with Gasteiger partial charge in [0.2, 0.25) is 0 Å². The molecule has 2 saturated heterocycles. The first-order chi connectivity index (χ1) is 12.3. The summed E-state index contributed by atoms with van der Waals surface area (Å²) in [7, 11) is -3.17. The minimum atomic E-state index is -3.17. The lowest BCUT2D eigenvalue weighted by molar-refractivity contribution is 0.0372. The Bertz CT molecular complexity index is 699. The molecule has 1 atom stereocenters. The Hall–Kier alpha value is -1.11. The largest absolute Gasteiger partial charge is 0.381 e. The minimum Gasteiger partial charge on any atom is -0.381 e. The fraction of sp³-hybridized carbons (Fsp3) is 0.700. The lowest BCUT2D eigenvalue weighted by atomic mass is 9.94. The molecule has 5 nitrogen and oxygen atoms in total. The van der Waals surface area contributed by atoms with Crippen LogP contribution in [0.3, 0.4) is 0 Å². The van der Waals surface area contributed by atoms with Crippen LogP contribution in [0.5, 0.6) is 0 Å². The minimum absolute atomic E-state index is 0.403. The van der Waals surface area contributed by atoms with E-state index in [-0.39, 0.29) is 0 Å². The van der Waals surface area contributed by atoms with Crippen molar-refractivity contribution in [2.24, 2.45) is 11.8 Å². The Balaban J connectivity index is 1.71. The van der Waals surface area contributed by atoms with Gasteiger partial charge in [-0.25, -0.2) is 8.42 Å². The predicted molar refractivity (Wildman–Crippen MR) is 106 cm³/mol. The average molecular weight is 381 g/mol. The molecule has 0 saturated carbocycles. The molecule has 1 aromatic carbocycles. The van der Waals surface area contributed by atoms with Crippen LogP contribution in [-0.4, -0.2) is 65.0 Å². The maximum atomic E-state index is 11.9. The first kappa shape index (κ1) is 19.6. The maximum Gasteiger partial charge on any atom is 0.175 e. The zero-order valence-electron chi connectivity index (χ0n) is 16.2. The molecule has 6 heteroatoms. The zero-order valence-corrected chi connectivity index (χ0v) is 17.0. The van der Waals surface area contributed by atoms with Crippen LogP contribution in [0, 0.1) is 11.8 Å². The first-order valence-electron chi connectivity index (χ1n) is 9.71. The lowest BCUT2D eigenvalue weighted by Crippen LogP contribution is -2.56. The third kappa shape index (κ3) is 4.78. The molecule has 146 valence electrons. The van der Waals surface area contributed by atoms with Gasteiger partial charge in [-0.3, -0.25) is 4.90 Å². The molecule has 26 heavy (non-hydrogen) atoms. The van der Waals surface area contributed by atoms with Crippen LogP contribution in [0.1, 0.15) is 26.7 Å². The van der Waals surface area contributed by atoms with Gasteiger partial charge in [-0.2, -0.15) is 0 Å². The van der Waals surface area contributed by atoms with E-state index in [0.717, 1.165) is 51.0 Å². The summed E-state index contributed by atoms with van der Waals surface area (Å²) in [5.41, 5.74) is 1.02. The summed E-state index contributed by atoms with van der Waals surface area (Å²) in [6, 6.07) is 7.87. The monoisotopic (exact) mass is 380 g/mol. The number of hydrogen-bond acceptors (Lipinski definition) is 5. The van der Waals surface area contributed by atoms with Crippen molar-refractivity contribution < 1.29 is 13.2 Å². The molecule has 0 amide bonds. The van der Waals surface area contributed by atoms with Gasteiger partial charge >= 0.3 is 0 Å². The second-order valence-electron chi connectivity index (χ2n) is 8.08. The van der Waals surface area contributed by atoms with E-state index in [9.17, 15) is 8.42 Å². The van der Waals surface area contributed by atoms with E-state index in [4.69, 9.17) is 4.74 Å². The molecule has 0 unspecified atom stereocenters. The van der Waals surface area contributed by atoms with E-state index in [1.807, 2.05) is 18.2 Å². The second-order valence-corrected chi connectivity index (χ2v) is 10.1. The Morgan fingerprint density at radius 2 is 1.92 bits per heavy atom. The highest BCUT2D eigenvalue weighted by atomic mass is 32.2. The molecule has 1 aromatic rings. The molecule has 0 aliphatic carbocycles. The summed E-state index contributed by atoms with van der Waals surface area (Å²) in [6.07, 6.45) is 3.61. The van der Waals surface area contributed by atoms with Crippen LogP contribution >= 0.6 is 0 Å². The lowest BCUT2D eigenvalue weighted by Gasteiger charge is -2.46. The van der Waals surface area contributed by atoms with Gasteiger partial charge in [0.25, 0.3) is 0 Å². The van der Waals surface area contributed by atoms with Crippen LogP contribution in [0.4, 0.5) is 5.69 Å². The SMILES string of the molecule is CC(C)[C@H]1CN(c2cccc(S(C)(=O)=O)c2)CCN1CC1CCOCC1. The number of ether oxygens (including phenoxy) is 1. The van der Waals surface area contributed by atoms with E-state index in [1.165, 1.54) is 19.1 Å². The van der Waals surface area contributed by atoms with Crippen molar-refractivity contribution in [3.05, 3.63) is 24.3 Å². The van der Waals surface area contributed by atoms with Crippen LogP contribution in [0.2, 0.25) is 0 Å². The number of sulfone groups is 1. The van der Waals surface area contributed by atoms with E-state index < -0.39 is 9.84 Å². The Labute approximate surface area is 158 Å². The van der Waals surface area contributed by atoms with E-state index in [0.29, 0.717) is 16.9 Å². The molecule has 0 N–H and O–H groups in total. The highest BCUT2D eigenvalue weighted by Gasteiger charge is 2.31. The molecular formula is C20H32N2O3S. The zero-order chi connectivity index (χ0) is 18.7. The molecule has 0 bridgehead atoms. The summed E-state index contributed by atoms with van der Waals surface area (Å²) >= 11 is 0.